The minimum absolute atomic E-state index is 0.155. The summed E-state index contributed by atoms with van der Waals surface area (Å²) in [6, 6.07) is -0.155. The number of amides is 1. The predicted octanol–water partition coefficient (Wildman–Crippen LogP) is 2.56. The number of ether oxygens (including phenoxy) is 2. The number of hydrogen-bond donors (Lipinski definition) is 1. The molecule has 2 aromatic heterocycles. The first kappa shape index (κ1) is 18.8. The zero-order valence-corrected chi connectivity index (χ0v) is 15.9. The van der Waals surface area contributed by atoms with Crippen molar-refractivity contribution in [2.24, 2.45) is 0 Å². The molecular formula is C18H23ClN4O3. The maximum atomic E-state index is 12.7. The molecule has 1 aliphatic heterocycles. The van der Waals surface area contributed by atoms with Gasteiger partial charge < -0.3 is 14.8 Å². The first-order valence-corrected chi connectivity index (χ1v) is 8.97. The number of hydrogen-bond acceptors (Lipinski definition) is 5. The first-order valence-electron chi connectivity index (χ1n) is 8.59. The minimum Gasteiger partial charge on any atom is -0.379 e. The fourth-order valence-electron chi connectivity index (χ4n) is 2.76. The van der Waals surface area contributed by atoms with E-state index < -0.39 is 0 Å². The zero-order chi connectivity index (χ0) is 18.7. The van der Waals surface area contributed by atoms with Crippen LogP contribution in [0.2, 0.25) is 5.02 Å². The summed E-state index contributed by atoms with van der Waals surface area (Å²) in [4.78, 5) is 16.9. The van der Waals surface area contributed by atoms with Crippen molar-refractivity contribution in [1.29, 1.82) is 0 Å². The van der Waals surface area contributed by atoms with Crippen LogP contribution in [-0.4, -0.2) is 52.5 Å². The molecule has 2 atom stereocenters. The Bertz CT molecular complexity index is 829. The Morgan fingerprint density at radius 3 is 3.12 bits per heavy atom. The lowest BCUT2D eigenvalue weighted by Gasteiger charge is -2.31. The molecule has 1 N–H and O–H groups in total. The van der Waals surface area contributed by atoms with E-state index in [1.807, 2.05) is 26.8 Å². The summed E-state index contributed by atoms with van der Waals surface area (Å²) in [5.74, 6) is -0.333. The van der Waals surface area contributed by atoms with Crippen molar-refractivity contribution >= 4 is 23.2 Å². The van der Waals surface area contributed by atoms with Gasteiger partial charge in [0.15, 0.2) is 11.3 Å². The third-order valence-corrected chi connectivity index (χ3v) is 4.53. The molecule has 3 rings (SSSR count). The van der Waals surface area contributed by atoms with Gasteiger partial charge in [-0.05, 0) is 32.8 Å². The lowest BCUT2D eigenvalue weighted by atomic mass is 10.1. The second-order valence-corrected chi connectivity index (χ2v) is 7.04. The van der Waals surface area contributed by atoms with Gasteiger partial charge in [0.1, 0.15) is 11.1 Å². The Hall–Kier alpha value is -1.96. The summed E-state index contributed by atoms with van der Waals surface area (Å²) in [7, 11) is 0. The second kappa shape index (κ2) is 8.16. The van der Waals surface area contributed by atoms with Crippen LogP contribution in [0.25, 0.3) is 5.65 Å². The highest BCUT2D eigenvalue weighted by molar-refractivity contribution is 6.36. The lowest BCUT2D eigenvalue weighted by Crippen LogP contribution is -2.50. The molecule has 7 nitrogen and oxygen atoms in total. The van der Waals surface area contributed by atoms with Crippen LogP contribution in [0.4, 0.5) is 0 Å². The normalized spacial score (nSPS) is 20.2. The highest BCUT2D eigenvalue weighted by atomic mass is 35.5. The van der Waals surface area contributed by atoms with Gasteiger partial charge in [-0.1, -0.05) is 23.3 Å². The number of fused-ring (bicyclic) bond motifs is 1. The van der Waals surface area contributed by atoms with E-state index in [0.717, 1.165) is 5.56 Å². The molecule has 0 bridgehead atoms. The second-order valence-electron chi connectivity index (χ2n) is 6.66. The molecule has 140 valence electrons. The van der Waals surface area contributed by atoms with Crippen molar-refractivity contribution in [2.75, 3.05) is 19.8 Å². The number of nitrogens with one attached hydrogen (secondary N) is 1. The van der Waals surface area contributed by atoms with Crippen molar-refractivity contribution in [3.05, 3.63) is 40.3 Å². The summed E-state index contributed by atoms with van der Waals surface area (Å²) < 4.78 is 12.9. The van der Waals surface area contributed by atoms with Gasteiger partial charge in [0.2, 0.25) is 0 Å². The van der Waals surface area contributed by atoms with Gasteiger partial charge in [0.05, 0.1) is 19.3 Å². The van der Waals surface area contributed by atoms with E-state index >= 15 is 0 Å². The SMILES string of the molecule is CC(C)=CCO[C@@H]1COCC[C@H]1NC(=O)c1nn2cc(C)cnc2c1Cl. The van der Waals surface area contributed by atoms with Crippen LogP contribution in [0.1, 0.15) is 36.3 Å². The smallest absolute Gasteiger partial charge is 0.273 e. The van der Waals surface area contributed by atoms with E-state index in [-0.39, 0.29) is 28.8 Å². The minimum atomic E-state index is -0.333. The zero-order valence-electron chi connectivity index (χ0n) is 15.2. The summed E-state index contributed by atoms with van der Waals surface area (Å²) >= 11 is 6.31. The van der Waals surface area contributed by atoms with Crippen LogP contribution in [0, 0.1) is 6.92 Å². The third kappa shape index (κ3) is 4.23. The summed E-state index contributed by atoms with van der Waals surface area (Å²) in [6.45, 7) is 7.44. The Labute approximate surface area is 157 Å². The van der Waals surface area contributed by atoms with Gasteiger partial charge in [0, 0.05) is 19.0 Å². The van der Waals surface area contributed by atoms with Gasteiger partial charge in [-0.15, -0.1) is 0 Å². The van der Waals surface area contributed by atoms with Crippen LogP contribution < -0.4 is 5.32 Å². The number of aryl methyl sites for hydroxylation is 1. The highest BCUT2D eigenvalue weighted by Crippen LogP contribution is 2.21. The summed E-state index contributed by atoms with van der Waals surface area (Å²) in [5, 5.41) is 7.51. The summed E-state index contributed by atoms with van der Waals surface area (Å²) in [5.41, 5.74) is 2.74. The molecule has 0 aliphatic carbocycles. The molecule has 0 aromatic carbocycles. The van der Waals surface area contributed by atoms with Crippen LogP contribution in [0.15, 0.2) is 24.0 Å². The highest BCUT2D eigenvalue weighted by Gasteiger charge is 2.30. The fraction of sp³-hybridized carbons (Fsp3) is 0.500. The average Bonchev–Trinajstić information content (AvgIpc) is 2.92. The number of carbonyl (C=O) groups excluding carboxylic acids is 1. The largest absolute Gasteiger partial charge is 0.379 e. The molecule has 8 heteroatoms. The monoisotopic (exact) mass is 378 g/mol. The van der Waals surface area contributed by atoms with Crippen molar-refractivity contribution in [3.63, 3.8) is 0 Å². The molecule has 1 amide bonds. The van der Waals surface area contributed by atoms with E-state index in [2.05, 4.69) is 15.4 Å². The van der Waals surface area contributed by atoms with E-state index in [9.17, 15) is 4.79 Å². The third-order valence-electron chi connectivity index (χ3n) is 4.18. The molecule has 1 aliphatic rings. The van der Waals surface area contributed by atoms with Gasteiger partial charge in [-0.3, -0.25) is 4.79 Å². The maximum absolute atomic E-state index is 12.7. The Morgan fingerprint density at radius 1 is 1.54 bits per heavy atom. The molecule has 1 saturated heterocycles. The molecule has 0 spiro atoms. The van der Waals surface area contributed by atoms with E-state index in [1.165, 1.54) is 10.1 Å². The Morgan fingerprint density at radius 2 is 2.35 bits per heavy atom. The maximum Gasteiger partial charge on any atom is 0.273 e. The van der Waals surface area contributed by atoms with Crippen molar-refractivity contribution < 1.29 is 14.3 Å². The van der Waals surface area contributed by atoms with Crippen LogP contribution in [0.5, 0.6) is 0 Å². The van der Waals surface area contributed by atoms with Crippen LogP contribution >= 0.6 is 11.6 Å². The van der Waals surface area contributed by atoms with Crippen molar-refractivity contribution in [2.45, 2.75) is 39.3 Å². The van der Waals surface area contributed by atoms with Gasteiger partial charge in [-0.25, -0.2) is 9.50 Å². The predicted molar refractivity (Wildman–Crippen MR) is 98.6 cm³/mol. The van der Waals surface area contributed by atoms with Crippen molar-refractivity contribution in [1.82, 2.24) is 19.9 Å². The lowest BCUT2D eigenvalue weighted by molar-refractivity contribution is -0.0589. The van der Waals surface area contributed by atoms with Gasteiger partial charge >= 0.3 is 0 Å². The number of carbonyl (C=O) groups is 1. The number of allylic oxidation sites excluding steroid dienone is 1. The molecule has 0 unspecified atom stereocenters. The standard InChI is InChI=1S/C18H23ClN4O3/c1-11(2)4-7-26-14-10-25-6-5-13(14)21-18(24)16-15(19)17-20-8-12(3)9-23(17)22-16/h4,8-9,13-14H,5-7,10H2,1-3H3,(H,21,24)/t13-,14-/m1/s1. The fourth-order valence-corrected chi connectivity index (χ4v) is 3.02. The molecule has 1 fully saturated rings. The number of aromatic nitrogens is 3. The van der Waals surface area contributed by atoms with E-state index in [1.54, 1.807) is 12.4 Å². The van der Waals surface area contributed by atoms with E-state index in [4.69, 9.17) is 21.1 Å². The molecular weight excluding hydrogens is 356 g/mol. The molecule has 0 radical (unpaired) electrons. The van der Waals surface area contributed by atoms with Crippen molar-refractivity contribution in [3.8, 4) is 0 Å². The van der Waals surface area contributed by atoms with E-state index in [0.29, 0.717) is 31.9 Å². The number of rotatable bonds is 5. The topological polar surface area (TPSA) is 77.8 Å². The van der Waals surface area contributed by atoms with Crippen LogP contribution in [0.3, 0.4) is 0 Å². The van der Waals surface area contributed by atoms with Crippen LogP contribution in [-0.2, 0) is 9.47 Å². The molecule has 2 aromatic rings. The first-order chi connectivity index (χ1) is 12.5. The number of halogens is 1. The number of nitrogens with zero attached hydrogens (tertiary/aromatic N) is 3. The Balaban J connectivity index is 1.73. The molecule has 26 heavy (non-hydrogen) atoms. The quantitative estimate of drug-likeness (QED) is 0.809. The Kier molecular flexibility index (Phi) is 5.90. The van der Waals surface area contributed by atoms with Gasteiger partial charge in [0.25, 0.3) is 5.91 Å². The average molecular weight is 379 g/mol. The molecule has 0 saturated carbocycles. The van der Waals surface area contributed by atoms with Gasteiger partial charge in [-0.2, -0.15) is 5.10 Å². The molecule has 3 heterocycles. The summed E-state index contributed by atoms with van der Waals surface area (Å²) in [6.07, 6.45) is 5.94.